The average Bonchev–Trinajstić information content (AvgIpc) is 2.26. The van der Waals surface area contributed by atoms with E-state index in [0.717, 1.165) is 0 Å². The Morgan fingerprint density at radius 1 is 1.40 bits per heavy atom. The molecule has 1 amide bonds. The van der Waals surface area contributed by atoms with E-state index in [9.17, 15) is 19.7 Å². The average molecular weight is 280 g/mol. The third-order valence-electron chi connectivity index (χ3n) is 2.71. The van der Waals surface area contributed by atoms with Crippen molar-refractivity contribution in [3.05, 3.63) is 39.4 Å². The number of nitro groups is 1. The second kappa shape index (κ2) is 5.68. The molecule has 2 N–H and O–H groups in total. The van der Waals surface area contributed by atoms with Crippen molar-refractivity contribution in [2.75, 3.05) is 0 Å². The minimum Gasteiger partial charge on any atom is -0.481 e. The van der Waals surface area contributed by atoms with Crippen LogP contribution in [0, 0.1) is 17.0 Å². The van der Waals surface area contributed by atoms with Crippen molar-refractivity contribution in [1.29, 1.82) is 0 Å². The molecule has 0 radical (unpaired) electrons. The first kappa shape index (κ1) is 15.6. The topological polar surface area (TPSA) is 110 Å². The normalized spacial score (nSPS) is 10.9. The Kier molecular flexibility index (Phi) is 4.44. The Hall–Kier alpha value is -2.44. The quantitative estimate of drug-likeness (QED) is 0.632. The molecule has 0 bridgehead atoms. The molecule has 1 aromatic carbocycles. The minimum atomic E-state index is -1.04. The SMILES string of the molecule is Cc1ccc(C(=O)NC(C)(C)CC(=O)O)cc1[N+](=O)[O-]. The van der Waals surface area contributed by atoms with E-state index in [2.05, 4.69) is 5.32 Å². The van der Waals surface area contributed by atoms with E-state index in [-0.39, 0.29) is 17.7 Å². The van der Waals surface area contributed by atoms with Gasteiger partial charge in [0.25, 0.3) is 11.6 Å². The summed E-state index contributed by atoms with van der Waals surface area (Å²) in [7, 11) is 0. The van der Waals surface area contributed by atoms with E-state index in [4.69, 9.17) is 5.11 Å². The van der Waals surface area contributed by atoms with Crippen LogP contribution in [0.4, 0.5) is 5.69 Å². The zero-order valence-corrected chi connectivity index (χ0v) is 11.5. The highest BCUT2D eigenvalue weighted by atomic mass is 16.6. The van der Waals surface area contributed by atoms with Gasteiger partial charge in [0.05, 0.1) is 11.3 Å². The summed E-state index contributed by atoms with van der Waals surface area (Å²) in [5.41, 5.74) is -0.506. The maximum Gasteiger partial charge on any atom is 0.305 e. The van der Waals surface area contributed by atoms with Gasteiger partial charge in [0.2, 0.25) is 0 Å². The summed E-state index contributed by atoms with van der Waals surface area (Å²) >= 11 is 0. The summed E-state index contributed by atoms with van der Waals surface area (Å²) in [6, 6.07) is 4.13. The van der Waals surface area contributed by atoms with Crippen LogP contribution < -0.4 is 5.32 Å². The van der Waals surface area contributed by atoms with E-state index in [1.165, 1.54) is 18.2 Å². The lowest BCUT2D eigenvalue weighted by atomic mass is 10.00. The predicted octanol–water partition coefficient (Wildman–Crippen LogP) is 1.89. The third kappa shape index (κ3) is 4.04. The third-order valence-corrected chi connectivity index (χ3v) is 2.71. The van der Waals surface area contributed by atoms with Gasteiger partial charge < -0.3 is 10.4 Å². The van der Waals surface area contributed by atoms with E-state index in [1.54, 1.807) is 20.8 Å². The molecule has 0 fully saturated rings. The van der Waals surface area contributed by atoms with Gasteiger partial charge in [-0.15, -0.1) is 0 Å². The summed E-state index contributed by atoms with van der Waals surface area (Å²) in [5, 5.41) is 22.1. The largest absolute Gasteiger partial charge is 0.481 e. The molecule has 1 aromatic rings. The lowest BCUT2D eigenvalue weighted by Gasteiger charge is -2.24. The molecule has 0 aliphatic rings. The molecule has 0 aliphatic carbocycles. The number of carboxylic acid groups (broad SMARTS) is 1. The molecular weight excluding hydrogens is 264 g/mol. The standard InChI is InChI=1S/C13H16N2O5/c1-8-4-5-9(6-10(8)15(19)20)12(18)14-13(2,3)7-11(16)17/h4-6H,7H2,1-3H3,(H,14,18)(H,16,17). The van der Waals surface area contributed by atoms with Crippen molar-refractivity contribution in [2.45, 2.75) is 32.7 Å². The lowest BCUT2D eigenvalue weighted by Crippen LogP contribution is -2.44. The molecule has 0 atom stereocenters. The van der Waals surface area contributed by atoms with Gasteiger partial charge >= 0.3 is 5.97 Å². The van der Waals surface area contributed by atoms with Gasteiger partial charge in [0.15, 0.2) is 0 Å². The van der Waals surface area contributed by atoms with Crippen LogP contribution in [0.15, 0.2) is 18.2 Å². The monoisotopic (exact) mass is 280 g/mol. The molecule has 108 valence electrons. The number of benzene rings is 1. The van der Waals surface area contributed by atoms with Crippen LogP contribution in [0.3, 0.4) is 0 Å². The molecule has 1 rings (SSSR count). The second-order valence-corrected chi connectivity index (χ2v) is 5.17. The number of rotatable bonds is 5. The summed E-state index contributed by atoms with van der Waals surface area (Å²) in [5.74, 6) is -1.58. The van der Waals surface area contributed by atoms with Gasteiger partial charge in [-0.2, -0.15) is 0 Å². The van der Waals surface area contributed by atoms with Crippen molar-refractivity contribution in [2.24, 2.45) is 0 Å². The Morgan fingerprint density at radius 3 is 2.50 bits per heavy atom. The lowest BCUT2D eigenvalue weighted by molar-refractivity contribution is -0.385. The van der Waals surface area contributed by atoms with Crippen molar-refractivity contribution in [3.63, 3.8) is 0 Å². The number of nitrogens with one attached hydrogen (secondary N) is 1. The Morgan fingerprint density at radius 2 is 2.00 bits per heavy atom. The van der Waals surface area contributed by atoms with Crippen LogP contribution in [0.25, 0.3) is 0 Å². The summed E-state index contributed by atoms with van der Waals surface area (Å²) < 4.78 is 0. The first-order valence-electron chi connectivity index (χ1n) is 5.92. The highest BCUT2D eigenvalue weighted by Gasteiger charge is 2.25. The molecule has 0 saturated heterocycles. The molecule has 7 nitrogen and oxygen atoms in total. The van der Waals surface area contributed by atoms with Gasteiger partial charge in [-0.3, -0.25) is 19.7 Å². The number of hydrogen-bond donors (Lipinski definition) is 2. The molecular formula is C13H16N2O5. The number of hydrogen-bond acceptors (Lipinski definition) is 4. The number of carboxylic acids is 1. The van der Waals surface area contributed by atoms with Crippen molar-refractivity contribution in [1.82, 2.24) is 5.32 Å². The summed E-state index contributed by atoms with van der Waals surface area (Å²) in [6.07, 6.45) is -0.243. The fourth-order valence-electron chi connectivity index (χ4n) is 1.75. The van der Waals surface area contributed by atoms with Crippen LogP contribution in [0.1, 0.15) is 36.2 Å². The van der Waals surface area contributed by atoms with E-state index < -0.39 is 22.3 Å². The first-order chi connectivity index (χ1) is 9.12. The zero-order valence-electron chi connectivity index (χ0n) is 11.5. The van der Waals surface area contributed by atoms with Crippen LogP contribution in [0.2, 0.25) is 0 Å². The van der Waals surface area contributed by atoms with Gasteiger partial charge in [-0.1, -0.05) is 6.07 Å². The number of carbonyl (C=O) groups excluding carboxylic acids is 1. The number of amides is 1. The molecule has 0 aliphatic heterocycles. The molecule has 0 aromatic heterocycles. The van der Waals surface area contributed by atoms with Crippen LogP contribution in [-0.2, 0) is 4.79 Å². The number of nitro benzene ring substituents is 1. The Labute approximate surface area is 115 Å². The molecule has 7 heteroatoms. The van der Waals surface area contributed by atoms with Gasteiger partial charge in [-0.25, -0.2) is 0 Å². The van der Waals surface area contributed by atoms with Crippen LogP contribution in [-0.4, -0.2) is 27.4 Å². The fourth-order valence-corrected chi connectivity index (χ4v) is 1.75. The predicted molar refractivity (Wildman–Crippen MR) is 71.6 cm³/mol. The second-order valence-electron chi connectivity index (χ2n) is 5.17. The number of aliphatic carboxylic acids is 1. The van der Waals surface area contributed by atoms with Crippen molar-refractivity contribution < 1.29 is 19.6 Å². The molecule has 0 heterocycles. The van der Waals surface area contributed by atoms with Gasteiger partial charge in [-0.05, 0) is 26.8 Å². The molecule has 20 heavy (non-hydrogen) atoms. The highest BCUT2D eigenvalue weighted by Crippen LogP contribution is 2.20. The number of nitrogens with zero attached hydrogens (tertiary/aromatic N) is 1. The highest BCUT2D eigenvalue weighted by molar-refractivity contribution is 5.95. The Bertz CT molecular complexity index is 566. The van der Waals surface area contributed by atoms with E-state index >= 15 is 0 Å². The summed E-state index contributed by atoms with van der Waals surface area (Å²) in [6.45, 7) is 4.72. The first-order valence-corrected chi connectivity index (χ1v) is 5.92. The zero-order chi connectivity index (χ0) is 15.5. The molecule has 0 unspecified atom stereocenters. The fraction of sp³-hybridized carbons (Fsp3) is 0.385. The maximum absolute atomic E-state index is 12.0. The number of aryl methyl sites for hydroxylation is 1. The molecule has 0 spiro atoms. The van der Waals surface area contributed by atoms with Crippen LogP contribution >= 0.6 is 0 Å². The summed E-state index contributed by atoms with van der Waals surface area (Å²) in [4.78, 5) is 32.9. The molecule has 0 saturated carbocycles. The van der Waals surface area contributed by atoms with Crippen LogP contribution in [0.5, 0.6) is 0 Å². The Balaban J connectivity index is 2.96. The van der Waals surface area contributed by atoms with Gasteiger partial charge in [0.1, 0.15) is 0 Å². The van der Waals surface area contributed by atoms with Crippen molar-refractivity contribution >= 4 is 17.6 Å². The van der Waals surface area contributed by atoms with E-state index in [0.29, 0.717) is 5.56 Å². The minimum absolute atomic E-state index is 0.126. The number of carbonyl (C=O) groups is 2. The maximum atomic E-state index is 12.0. The van der Waals surface area contributed by atoms with Crippen molar-refractivity contribution in [3.8, 4) is 0 Å². The van der Waals surface area contributed by atoms with E-state index in [1.807, 2.05) is 0 Å². The smallest absolute Gasteiger partial charge is 0.305 e. The van der Waals surface area contributed by atoms with Gasteiger partial charge in [0, 0.05) is 22.7 Å².